The molecule has 0 radical (unpaired) electrons. The zero-order chi connectivity index (χ0) is 9.26. The summed E-state index contributed by atoms with van der Waals surface area (Å²) in [6, 6.07) is 8.14. The predicted octanol–water partition coefficient (Wildman–Crippen LogP) is 2.24. The van der Waals surface area contributed by atoms with Gasteiger partial charge >= 0.3 is 5.97 Å². The maximum Gasteiger partial charge on any atom is 0.303 e. The van der Waals surface area contributed by atoms with Gasteiger partial charge in [0.05, 0.1) is 0 Å². The average molecular weight is 176 g/mol. The van der Waals surface area contributed by atoms with E-state index in [1.807, 2.05) is 18.2 Å². The van der Waals surface area contributed by atoms with Crippen molar-refractivity contribution in [1.82, 2.24) is 0 Å². The normalized spacial score (nSPS) is 19.6. The van der Waals surface area contributed by atoms with Crippen molar-refractivity contribution in [3.8, 4) is 0 Å². The van der Waals surface area contributed by atoms with E-state index >= 15 is 0 Å². The summed E-state index contributed by atoms with van der Waals surface area (Å²) in [4.78, 5) is 10.8. The predicted molar refractivity (Wildman–Crippen MR) is 49.3 cm³/mol. The van der Waals surface area contributed by atoms with Crippen molar-refractivity contribution >= 4 is 5.97 Å². The fourth-order valence-corrected chi connectivity index (χ4v) is 1.84. The Hall–Kier alpha value is -1.31. The summed E-state index contributed by atoms with van der Waals surface area (Å²) in [5, 5.41) is 0. The molecule has 68 valence electrons. The first-order valence-corrected chi connectivity index (χ1v) is 4.52. The van der Waals surface area contributed by atoms with Crippen LogP contribution in [0.2, 0.25) is 0 Å². The van der Waals surface area contributed by atoms with Crippen LogP contribution in [-0.2, 0) is 16.0 Å². The van der Waals surface area contributed by atoms with Crippen LogP contribution >= 0.6 is 0 Å². The number of carbonyl (C=O) groups is 1. The third-order valence-electron chi connectivity index (χ3n) is 2.39. The molecule has 13 heavy (non-hydrogen) atoms. The van der Waals surface area contributed by atoms with E-state index in [4.69, 9.17) is 4.74 Å². The van der Waals surface area contributed by atoms with Gasteiger partial charge in [-0.1, -0.05) is 24.3 Å². The molecule has 2 heteroatoms. The molecule has 0 N–H and O–H groups in total. The second kappa shape index (κ2) is 3.21. The van der Waals surface area contributed by atoms with Crippen LogP contribution in [0.1, 0.15) is 30.6 Å². The Morgan fingerprint density at radius 1 is 1.46 bits per heavy atom. The molecule has 0 heterocycles. The summed E-state index contributed by atoms with van der Waals surface area (Å²) >= 11 is 0. The van der Waals surface area contributed by atoms with E-state index < -0.39 is 0 Å². The zero-order valence-corrected chi connectivity index (χ0v) is 7.62. The maximum atomic E-state index is 10.8. The number of benzene rings is 1. The Morgan fingerprint density at radius 2 is 2.23 bits per heavy atom. The lowest BCUT2D eigenvalue weighted by atomic mass is 10.1. The molecule has 0 spiro atoms. The highest BCUT2D eigenvalue weighted by Crippen LogP contribution is 2.33. The SMILES string of the molecule is CC(=O)O[C@@H]1CCc2ccccc21. The Balaban J connectivity index is 2.23. The largest absolute Gasteiger partial charge is 0.458 e. The van der Waals surface area contributed by atoms with Crippen molar-refractivity contribution in [2.24, 2.45) is 0 Å². The highest BCUT2D eigenvalue weighted by molar-refractivity contribution is 5.66. The second-order valence-corrected chi connectivity index (χ2v) is 3.34. The number of aryl methyl sites for hydroxylation is 1. The lowest BCUT2D eigenvalue weighted by Gasteiger charge is -2.10. The summed E-state index contributed by atoms with van der Waals surface area (Å²) in [5.74, 6) is -0.193. The minimum Gasteiger partial charge on any atom is -0.458 e. The van der Waals surface area contributed by atoms with Gasteiger partial charge in [0.15, 0.2) is 0 Å². The van der Waals surface area contributed by atoms with E-state index in [-0.39, 0.29) is 12.1 Å². The Bertz CT molecular complexity index is 331. The van der Waals surface area contributed by atoms with Gasteiger partial charge in [-0.2, -0.15) is 0 Å². The van der Waals surface area contributed by atoms with Gasteiger partial charge in [0.1, 0.15) is 6.10 Å². The van der Waals surface area contributed by atoms with Gasteiger partial charge in [-0.3, -0.25) is 4.79 Å². The molecule has 1 aromatic rings. The van der Waals surface area contributed by atoms with Gasteiger partial charge in [0.25, 0.3) is 0 Å². The number of hydrogen-bond acceptors (Lipinski definition) is 2. The quantitative estimate of drug-likeness (QED) is 0.613. The van der Waals surface area contributed by atoms with Crippen LogP contribution in [0.4, 0.5) is 0 Å². The van der Waals surface area contributed by atoms with Gasteiger partial charge in [0, 0.05) is 6.92 Å². The number of carbonyl (C=O) groups excluding carboxylic acids is 1. The van der Waals surface area contributed by atoms with Gasteiger partial charge < -0.3 is 4.74 Å². The lowest BCUT2D eigenvalue weighted by molar-refractivity contribution is -0.146. The molecule has 0 bridgehead atoms. The first-order valence-electron chi connectivity index (χ1n) is 4.52. The summed E-state index contributed by atoms with van der Waals surface area (Å²) in [7, 11) is 0. The highest BCUT2D eigenvalue weighted by atomic mass is 16.5. The van der Waals surface area contributed by atoms with Crippen molar-refractivity contribution < 1.29 is 9.53 Å². The highest BCUT2D eigenvalue weighted by Gasteiger charge is 2.23. The molecule has 0 amide bonds. The Labute approximate surface area is 77.5 Å². The van der Waals surface area contributed by atoms with E-state index in [2.05, 4.69) is 6.07 Å². The number of esters is 1. The molecule has 1 aromatic carbocycles. The van der Waals surface area contributed by atoms with Crippen molar-refractivity contribution in [3.05, 3.63) is 35.4 Å². The van der Waals surface area contributed by atoms with Crippen LogP contribution < -0.4 is 0 Å². The van der Waals surface area contributed by atoms with Crippen LogP contribution in [0.25, 0.3) is 0 Å². The van der Waals surface area contributed by atoms with Crippen LogP contribution in [0.15, 0.2) is 24.3 Å². The van der Waals surface area contributed by atoms with Crippen molar-refractivity contribution in [2.45, 2.75) is 25.9 Å². The molecule has 0 saturated heterocycles. The van der Waals surface area contributed by atoms with Crippen LogP contribution in [0, 0.1) is 0 Å². The molecule has 1 aliphatic rings. The van der Waals surface area contributed by atoms with E-state index in [9.17, 15) is 4.79 Å². The second-order valence-electron chi connectivity index (χ2n) is 3.34. The molecule has 1 atom stereocenters. The number of fused-ring (bicyclic) bond motifs is 1. The number of rotatable bonds is 1. The molecular formula is C11H12O2. The topological polar surface area (TPSA) is 26.3 Å². The minimum absolute atomic E-state index is 0.00583. The Morgan fingerprint density at radius 3 is 3.00 bits per heavy atom. The fourth-order valence-electron chi connectivity index (χ4n) is 1.84. The molecular weight excluding hydrogens is 164 g/mol. The molecule has 0 unspecified atom stereocenters. The molecule has 1 aliphatic carbocycles. The van der Waals surface area contributed by atoms with Crippen LogP contribution in [0.5, 0.6) is 0 Å². The van der Waals surface area contributed by atoms with Gasteiger partial charge in [-0.15, -0.1) is 0 Å². The number of ether oxygens (including phenoxy) is 1. The molecule has 2 rings (SSSR count). The van der Waals surface area contributed by atoms with Crippen molar-refractivity contribution in [3.63, 3.8) is 0 Å². The van der Waals surface area contributed by atoms with E-state index in [1.54, 1.807) is 0 Å². The zero-order valence-electron chi connectivity index (χ0n) is 7.62. The summed E-state index contributed by atoms with van der Waals surface area (Å²) in [6.07, 6.45) is 1.95. The van der Waals surface area contributed by atoms with Gasteiger partial charge in [-0.25, -0.2) is 0 Å². The average Bonchev–Trinajstić information content (AvgIpc) is 2.48. The standard InChI is InChI=1S/C11H12O2/c1-8(12)13-11-7-6-9-4-2-3-5-10(9)11/h2-5,11H,6-7H2,1H3/t11-/m1/s1. The smallest absolute Gasteiger partial charge is 0.303 e. The first kappa shape index (κ1) is 8.30. The number of hydrogen-bond donors (Lipinski definition) is 0. The third-order valence-corrected chi connectivity index (χ3v) is 2.39. The van der Waals surface area contributed by atoms with Gasteiger partial charge in [-0.05, 0) is 24.0 Å². The summed E-state index contributed by atoms with van der Waals surface area (Å²) in [6.45, 7) is 1.46. The minimum atomic E-state index is -0.193. The monoisotopic (exact) mass is 176 g/mol. The summed E-state index contributed by atoms with van der Waals surface area (Å²) in [5.41, 5.74) is 2.49. The van der Waals surface area contributed by atoms with E-state index in [0.717, 1.165) is 12.8 Å². The van der Waals surface area contributed by atoms with Crippen LogP contribution in [0.3, 0.4) is 0 Å². The van der Waals surface area contributed by atoms with Crippen LogP contribution in [-0.4, -0.2) is 5.97 Å². The van der Waals surface area contributed by atoms with E-state index in [0.29, 0.717) is 0 Å². The maximum absolute atomic E-state index is 10.8. The van der Waals surface area contributed by atoms with E-state index in [1.165, 1.54) is 18.1 Å². The van der Waals surface area contributed by atoms with Crippen molar-refractivity contribution in [2.75, 3.05) is 0 Å². The molecule has 0 aromatic heterocycles. The Kier molecular flexibility index (Phi) is 2.05. The molecule has 0 saturated carbocycles. The first-order chi connectivity index (χ1) is 6.27. The van der Waals surface area contributed by atoms with Crippen molar-refractivity contribution in [1.29, 1.82) is 0 Å². The van der Waals surface area contributed by atoms with Gasteiger partial charge in [0.2, 0.25) is 0 Å². The third kappa shape index (κ3) is 1.57. The molecule has 0 aliphatic heterocycles. The fraction of sp³-hybridized carbons (Fsp3) is 0.364. The molecule has 2 nitrogen and oxygen atoms in total. The lowest BCUT2D eigenvalue weighted by Crippen LogP contribution is -2.04. The molecule has 0 fully saturated rings. The summed E-state index contributed by atoms with van der Waals surface area (Å²) < 4.78 is 5.20.